The van der Waals surface area contributed by atoms with Crippen LogP contribution in [0, 0.1) is 0 Å². The number of nitrogens with one attached hydrogen (secondary N) is 1. The Balaban J connectivity index is 1.88. The van der Waals surface area contributed by atoms with E-state index in [9.17, 15) is 14.4 Å². The summed E-state index contributed by atoms with van der Waals surface area (Å²) in [6.07, 6.45) is 1.38. The van der Waals surface area contributed by atoms with E-state index in [1.165, 1.54) is 29.6 Å². The van der Waals surface area contributed by atoms with Gasteiger partial charge in [0, 0.05) is 19.1 Å². The van der Waals surface area contributed by atoms with Crippen molar-refractivity contribution in [2.24, 2.45) is 14.1 Å². The van der Waals surface area contributed by atoms with Crippen LogP contribution in [0.15, 0.2) is 40.2 Å². The first kappa shape index (κ1) is 17.9. The molecule has 2 aromatic heterocycles. The number of amides is 1. The van der Waals surface area contributed by atoms with Gasteiger partial charge in [-0.25, -0.2) is 9.78 Å². The molecule has 3 aromatic rings. The third kappa shape index (κ3) is 3.03. The number of halogens is 1. The zero-order chi connectivity index (χ0) is 19.0. The zero-order valence-electron chi connectivity index (χ0n) is 14.6. The fourth-order valence-corrected chi connectivity index (χ4v) is 3.16. The van der Waals surface area contributed by atoms with Gasteiger partial charge in [0.2, 0.25) is 5.91 Å². The second-order valence-corrected chi connectivity index (χ2v) is 6.47. The number of aromatic nitrogens is 4. The van der Waals surface area contributed by atoms with Gasteiger partial charge in [0.25, 0.3) is 5.56 Å². The van der Waals surface area contributed by atoms with Gasteiger partial charge in [-0.2, -0.15) is 0 Å². The molecule has 0 spiro atoms. The second kappa shape index (κ2) is 6.80. The summed E-state index contributed by atoms with van der Waals surface area (Å²) in [6, 6.07) is 6.96. The highest BCUT2D eigenvalue weighted by atomic mass is 35.5. The Bertz CT molecular complexity index is 1110. The van der Waals surface area contributed by atoms with Crippen LogP contribution in [0.4, 0.5) is 0 Å². The molecule has 0 saturated heterocycles. The summed E-state index contributed by atoms with van der Waals surface area (Å²) < 4.78 is 3.70. The number of carbonyl (C=O) groups is 1. The van der Waals surface area contributed by atoms with Gasteiger partial charge in [0.05, 0.1) is 12.4 Å². The maximum atomic E-state index is 12.4. The lowest BCUT2D eigenvalue weighted by Gasteiger charge is -2.16. The number of hydrogen-bond donors (Lipinski definition) is 1. The Kier molecular flexibility index (Phi) is 4.69. The lowest BCUT2D eigenvalue weighted by atomic mass is 10.1. The number of nitrogens with zero attached hydrogens (tertiary/aromatic N) is 4. The van der Waals surface area contributed by atoms with Gasteiger partial charge in [-0.15, -0.1) is 0 Å². The molecule has 1 atom stereocenters. The van der Waals surface area contributed by atoms with Crippen LogP contribution in [-0.4, -0.2) is 24.6 Å². The number of benzene rings is 1. The molecule has 0 aliphatic heterocycles. The second-order valence-electron chi connectivity index (χ2n) is 6.06. The van der Waals surface area contributed by atoms with Crippen LogP contribution in [0.5, 0.6) is 0 Å². The molecule has 136 valence electrons. The van der Waals surface area contributed by atoms with Crippen LogP contribution in [0.2, 0.25) is 5.02 Å². The van der Waals surface area contributed by atoms with E-state index in [4.69, 9.17) is 11.6 Å². The monoisotopic (exact) mass is 375 g/mol. The molecule has 0 aliphatic carbocycles. The molecule has 0 fully saturated rings. The normalized spacial score (nSPS) is 12.3. The molecule has 8 nitrogen and oxygen atoms in total. The van der Waals surface area contributed by atoms with E-state index in [1.807, 2.05) is 25.1 Å². The van der Waals surface area contributed by atoms with Crippen molar-refractivity contribution < 1.29 is 4.79 Å². The molecule has 26 heavy (non-hydrogen) atoms. The number of hydrogen-bond acceptors (Lipinski definition) is 4. The van der Waals surface area contributed by atoms with Crippen LogP contribution < -0.4 is 16.6 Å². The summed E-state index contributed by atoms with van der Waals surface area (Å²) in [7, 11) is 2.92. The van der Waals surface area contributed by atoms with Crippen molar-refractivity contribution in [3.05, 3.63) is 62.0 Å². The maximum absolute atomic E-state index is 12.4. The number of fused-ring (bicyclic) bond motifs is 1. The topological polar surface area (TPSA) is 90.9 Å². The molecular formula is C17H18ClN5O3. The van der Waals surface area contributed by atoms with Gasteiger partial charge in [-0.05, 0) is 18.6 Å². The van der Waals surface area contributed by atoms with Gasteiger partial charge in [0.15, 0.2) is 11.2 Å². The largest absolute Gasteiger partial charge is 0.348 e. The Morgan fingerprint density at radius 2 is 1.92 bits per heavy atom. The quantitative estimate of drug-likeness (QED) is 0.735. The van der Waals surface area contributed by atoms with Gasteiger partial charge >= 0.3 is 5.69 Å². The summed E-state index contributed by atoms with van der Waals surface area (Å²) >= 11 is 6.15. The molecule has 0 radical (unpaired) electrons. The summed E-state index contributed by atoms with van der Waals surface area (Å²) in [5.74, 6) is -0.298. The predicted molar refractivity (Wildman–Crippen MR) is 98.2 cm³/mol. The predicted octanol–water partition coefficient (Wildman–Crippen LogP) is 0.965. The molecule has 1 amide bonds. The van der Waals surface area contributed by atoms with Gasteiger partial charge in [-0.3, -0.25) is 18.7 Å². The summed E-state index contributed by atoms with van der Waals surface area (Å²) in [6.45, 7) is 1.73. The SMILES string of the molecule is C[C@@H](NC(=O)Cn1cnc2c1c(=O)n(C)c(=O)n2C)c1ccccc1Cl. The molecule has 9 heteroatoms. The van der Waals surface area contributed by atoms with Gasteiger partial charge in [-0.1, -0.05) is 29.8 Å². The molecule has 1 N–H and O–H groups in total. The van der Waals surface area contributed by atoms with Crippen LogP contribution in [0.3, 0.4) is 0 Å². The maximum Gasteiger partial charge on any atom is 0.332 e. The highest BCUT2D eigenvalue weighted by Crippen LogP contribution is 2.22. The number of aryl methyl sites for hydroxylation is 1. The van der Waals surface area contributed by atoms with Gasteiger partial charge < -0.3 is 9.88 Å². The first-order chi connectivity index (χ1) is 12.3. The zero-order valence-corrected chi connectivity index (χ0v) is 15.3. The van der Waals surface area contributed by atoms with Crippen LogP contribution >= 0.6 is 11.6 Å². The smallest absolute Gasteiger partial charge is 0.332 e. The minimum absolute atomic E-state index is 0.0985. The molecule has 1 aromatic carbocycles. The Hall–Kier alpha value is -2.87. The lowest BCUT2D eigenvalue weighted by Crippen LogP contribution is -2.38. The van der Waals surface area contributed by atoms with E-state index < -0.39 is 11.2 Å². The number of imidazole rings is 1. The van der Waals surface area contributed by atoms with E-state index in [0.29, 0.717) is 5.02 Å². The molecule has 3 rings (SSSR count). The molecule has 0 bridgehead atoms. The van der Waals surface area contributed by atoms with Crippen molar-refractivity contribution in [2.75, 3.05) is 0 Å². The summed E-state index contributed by atoms with van der Waals surface area (Å²) in [5.41, 5.74) is 0.286. The summed E-state index contributed by atoms with van der Waals surface area (Å²) in [4.78, 5) is 40.9. The van der Waals surface area contributed by atoms with Crippen molar-refractivity contribution in [3.63, 3.8) is 0 Å². The number of carbonyl (C=O) groups excluding carboxylic acids is 1. The average molecular weight is 376 g/mol. The minimum Gasteiger partial charge on any atom is -0.348 e. The highest BCUT2D eigenvalue weighted by molar-refractivity contribution is 6.31. The molecule has 0 unspecified atom stereocenters. The first-order valence-corrected chi connectivity index (χ1v) is 8.33. The third-order valence-corrected chi connectivity index (χ3v) is 4.62. The number of rotatable bonds is 4. The molecule has 0 saturated carbocycles. The van der Waals surface area contributed by atoms with E-state index in [1.54, 1.807) is 6.07 Å². The average Bonchev–Trinajstić information content (AvgIpc) is 3.01. The Labute approximate surface area is 153 Å². The third-order valence-electron chi connectivity index (χ3n) is 4.28. The van der Waals surface area contributed by atoms with E-state index in [2.05, 4.69) is 10.3 Å². The lowest BCUT2D eigenvalue weighted by molar-refractivity contribution is -0.122. The highest BCUT2D eigenvalue weighted by Gasteiger charge is 2.17. The first-order valence-electron chi connectivity index (χ1n) is 7.96. The Morgan fingerprint density at radius 1 is 1.23 bits per heavy atom. The van der Waals surface area contributed by atoms with Crippen molar-refractivity contribution in [1.82, 2.24) is 24.0 Å². The fraction of sp³-hybridized carbons (Fsp3) is 0.294. The van der Waals surface area contributed by atoms with Crippen LogP contribution in [-0.2, 0) is 25.4 Å². The van der Waals surface area contributed by atoms with Crippen molar-refractivity contribution in [3.8, 4) is 0 Å². The van der Waals surface area contributed by atoms with E-state index >= 15 is 0 Å². The molecule has 2 heterocycles. The van der Waals surface area contributed by atoms with Crippen molar-refractivity contribution in [2.45, 2.75) is 19.5 Å². The van der Waals surface area contributed by atoms with Crippen molar-refractivity contribution in [1.29, 1.82) is 0 Å². The minimum atomic E-state index is -0.493. The standard InChI is InChI=1S/C17H18ClN5O3/c1-10(11-6-4-5-7-12(11)18)20-13(24)8-23-9-19-15-14(23)16(25)22(3)17(26)21(15)2/h4-7,9-10H,8H2,1-3H3,(H,20,24)/t10-/m1/s1. The van der Waals surface area contributed by atoms with E-state index in [0.717, 1.165) is 10.1 Å². The van der Waals surface area contributed by atoms with Crippen LogP contribution in [0.1, 0.15) is 18.5 Å². The van der Waals surface area contributed by atoms with Crippen molar-refractivity contribution >= 4 is 28.7 Å². The fourth-order valence-electron chi connectivity index (χ4n) is 2.86. The van der Waals surface area contributed by atoms with Gasteiger partial charge in [0.1, 0.15) is 6.54 Å². The molecule has 0 aliphatic rings. The molecular weight excluding hydrogens is 358 g/mol. The van der Waals surface area contributed by atoms with E-state index in [-0.39, 0.29) is 29.7 Å². The van der Waals surface area contributed by atoms with Crippen LogP contribution in [0.25, 0.3) is 11.2 Å². The summed E-state index contributed by atoms with van der Waals surface area (Å²) in [5, 5.41) is 3.42. The Morgan fingerprint density at radius 3 is 2.62 bits per heavy atom.